The van der Waals surface area contributed by atoms with Gasteiger partial charge in [-0.3, -0.25) is 0 Å². The molecule has 0 aliphatic rings. The number of nitrogens with zero attached hydrogens (tertiary/aromatic N) is 4. The SMILES string of the molecule is Cc1cc(CCCCCn2ccn(-c3cc(F)nc(F)c3)[c]2=[Pt])n[nH]1. The van der Waals surface area contributed by atoms with E-state index in [2.05, 4.69) is 45.2 Å². The van der Waals surface area contributed by atoms with Crippen LogP contribution in [-0.2, 0) is 32.3 Å². The summed E-state index contributed by atoms with van der Waals surface area (Å²) in [5.74, 6) is -1.64. The van der Waals surface area contributed by atoms with E-state index in [1.54, 1.807) is 4.57 Å². The van der Waals surface area contributed by atoms with Gasteiger partial charge in [0.25, 0.3) is 0 Å². The quantitative estimate of drug-likeness (QED) is 0.379. The fraction of sp³-hybridized carbons (Fsp3) is 0.353. The Balaban J connectivity index is 1.55. The molecule has 0 unspecified atom stereocenters. The number of aromatic nitrogens is 5. The summed E-state index contributed by atoms with van der Waals surface area (Å²) >= 11 is 2.16. The van der Waals surface area contributed by atoms with Crippen LogP contribution < -0.4 is 0 Å². The standard InChI is InChI=1S/C17H19F2N5.Pt/c1-13-9-14(22-21-13)5-3-2-4-6-23-7-8-24(12-23)15-10-16(18)20-17(19)11-15;/h7-11H,2-6H2,1H3,(H,21,22);. The van der Waals surface area contributed by atoms with Crippen LogP contribution in [0.2, 0.25) is 0 Å². The molecule has 0 aliphatic heterocycles. The first-order valence-electron chi connectivity index (χ1n) is 8.10. The summed E-state index contributed by atoms with van der Waals surface area (Å²) in [5.41, 5.74) is 2.63. The second-order valence-corrected chi connectivity index (χ2v) is 6.94. The van der Waals surface area contributed by atoms with E-state index in [9.17, 15) is 8.78 Å². The molecule has 25 heavy (non-hydrogen) atoms. The number of rotatable bonds is 7. The normalized spacial score (nSPS) is 11.2. The van der Waals surface area contributed by atoms with Crippen LogP contribution >= 0.6 is 0 Å². The van der Waals surface area contributed by atoms with E-state index >= 15 is 0 Å². The molecule has 3 heterocycles. The Morgan fingerprint density at radius 3 is 2.52 bits per heavy atom. The number of aryl methyl sites for hydroxylation is 3. The summed E-state index contributed by atoms with van der Waals surface area (Å²) in [6.45, 7) is 2.86. The summed E-state index contributed by atoms with van der Waals surface area (Å²) in [6.07, 6.45) is 7.93. The molecule has 3 rings (SSSR count). The van der Waals surface area contributed by atoms with E-state index in [0.717, 1.165) is 47.4 Å². The molecule has 8 heteroatoms. The van der Waals surface area contributed by atoms with Gasteiger partial charge in [-0.1, -0.05) is 0 Å². The first kappa shape index (κ1) is 17.9. The maximum atomic E-state index is 13.3. The summed E-state index contributed by atoms with van der Waals surface area (Å²) in [7, 11) is 0. The minimum atomic E-state index is -0.820. The van der Waals surface area contributed by atoms with Crippen molar-refractivity contribution >= 4 is 0 Å². The number of hydrogen-bond donors (Lipinski definition) is 1. The van der Waals surface area contributed by atoms with Gasteiger partial charge in [-0.15, -0.1) is 0 Å². The third kappa shape index (κ3) is 4.60. The number of pyridine rings is 1. The van der Waals surface area contributed by atoms with Crippen LogP contribution in [0.25, 0.3) is 5.69 Å². The molecule has 0 amide bonds. The average Bonchev–Trinajstić information content (AvgIpc) is 3.12. The number of aromatic amines is 1. The predicted molar refractivity (Wildman–Crippen MR) is 85.6 cm³/mol. The number of unbranched alkanes of at least 4 members (excludes halogenated alkanes) is 2. The molecule has 3 aromatic rings. The van der Waals surface area contributed by atoms with Crippen LogP contribution in [0.3, 0.4) is 0 Å². The van der Waals surface area contributed by atoms with Crippen molar-refractivity contribution in [3.63, 3.8) is 0 Å². The van der Waals surface area contributed by atoms with Crippen molar-refractivity contribution in [2.45, 2.75) is 39.2 Å². The van der Waals surface area contributed by atoms with Crippen LogP contribution in [0, 0.1) is 22.6 Å². The Labute approximate surface area is 155 Å². The van der Waals surface area contributed by atoms with Crippen LogP contribution in [0.15, 0.2) is 30.6 Å². The molecule has 0 spiro atoms. The molecular formula is C17H19F2N5Pt. The van der Waals surface area contributed by atoms with Gasteiger partial charge in [0, 0.05) is 0 Å². The second kappa shape index (κ2) is 8.00. The summed E-state index contributed by atoms with van der Waals surface area (Å²) in [6, 6.07) is 4.52. The molecule has 0 fully saturated rings. The van der Waals surface area contributed by atoms with Crippen molar-refractivity contribution in [1.82, 2.24) is 24.3 Å². The minimum absolute atomic E-state index is 0.433. The van der Waals surface area contributed by atoms with Crippen LogP contribution in [0.4, 0.5) is 8.78 Å². The predicted octanol–water partition coefficient (Wildman–Crippen LogP) is 3.48. The van der Waals surface area contributed by atoms with Crippen LogP contribution in [-0.4, -0.2) is 24.3 Å². The number of nitrogens with one attached hydrogen (secondary N) is 1. The second-order valence-electron chi connectivity index (χ2n) is 5.93. The van der Waals surface area contributed by atoms with E-state index in [4.69, 9.17) is 0 Å². The van der Waals surface area contributed by atoms with E-state index in [-0.39, 0.29) is 0 Å². The number of hydrogen-bond acceptors (Lipinski definition) is 2. The number of imidazole rings is 1. The first-order chi connectivity index (χ1) is 12.0. The zero-order valence-corrected chi connectivity index (χ0v) is 16.1. The van der Waals surface area contributed by atoms with E-state index in [1.165, 1.54) is 12.1 Å². The molecule has 0 atom stereocenters. The number of H-pyrrole nitrogens is 1. The van der Waals surface area contributed by atoms with Gasteiger partial charge in [0.15, 0.2) is 0 Å². The van der Waals surface area contributed by atoms with Gasteiger partial charge in [0.05, 0.1) is 0 Å². The molecule has 0 saturated heterocycles. The van der Waals surface area contributed by atoms with Crippen molar-refractivity contribution in [1.29, 1.82) is 0 Å². The molecule has 5 nitrogen and oxygen atoms in total. The zero-order chi connectivity index (χ0) is 17.8. The molecule has 0 aliphatic carbocycles. The van der Waals surface area contributed by atoms with E-state index < -0.39 is 11.9 Å². The molecule has 3 aromatic heterocycles. The van der Waals surface area contributed by atoms with Crippen molar-refractivity contribution in [2.75, 3.05) is 0 Å². The Morgan fingerprint density at radius 2 is 1.84 bits per heavy atom. The molecular weight excluding hydrogens is 507 g/mol. The monoisotopic (exact) mass is 526 g/mol. The van der Waals surface area contributed by atoms with Gasteiger partial charge in [-0.2, -0.15) is 0 Å². The Kier molecular flexibility index (Phi) is 5.74. The third-order valence-electron chi connectivity index (χ3n) is 3.92. The van der Waals surface area contributed by atoms with E-state index in [0.29, 0.717) is 5.69 Å². The maximum absolute atomic E-state index is 13.3. The topological polar surface area (TPSA) is 51.4 Å². The molecule has 0 bridgehead atoms. The Bertz CT molecular complexity index is 892. The van der Waals surface area contributed by atoms with Crippen LogP contribution in [0.5, 0.6) is 0 Å². The fourth-order valence-corrected chi connectivity index (χ4v) is 3.59. The zero-order valence-electron chi connectivity index (χ0n) is 13.8. The summed E-state index contributed by atoms with van der Waals surface area (Å²) < 4.78 is 31.3. The van der Waals surface area contributed by atoms with Crippen molar-refractivity contribution in [2.24, 2.45) is 0 Å². The van der Waals surface area contributed by atoms with Gasteiger partial charge >= 0.3 is 155 Å². The first-order valence-corrected chi connectivity index (χ1v) is 9.24. The summed E-state index contributed by atoms with van der Waals surface area (Å²) in [4.78, 5) is 3.13. The Hall–Kier alpha value is -1.88. The van der Waals surface area contributed by atoms with E-state index in [1.807, 2.05) is 19.3 Å². The van der Waals surface area contributed by atoms with Crippen molar-refractivity contribution in [3.8, 4) is 5.69 Å². The molecule has 0 saturated carbocycles. The van der Waals surface area contributed by atoms with Gasteiger partial charge < -0.3 is 0 Å². The third-order valence-corrected chi connectivity index (χ3v) is 5.12. The molecule has 136 valence electrons. The van der Waals surface area contributed by atoms with Crippen molar-refractivity contribution in [3.05, 3.63) is 57.7 Å². The van der Waals surface area contributed by atoms with Crippen LogP contribution in [0.1, 0.15) is 30.7 Å². The number of halogens is 2. The Morgan fingerprint density at radius 1 is 1.08 bits per heavy atom. The van der Waals surface area contributed by atoms with Gasteiger partial charge in [-0.05, 0) is 0 Å². The fourth-order valence-electron chi connectivity index (χ4n) is 2.70. The van der Waals surface area contributed by atoms with Gasteiger partial charge in [0.2, 0.25) is 0 Å². The molecule has 0 radical (unpaired) electrons. The molecule has 1 N–H and O–H groups in total. The summed E-state index contributed by atoms with van der Waals surface area (Å²) in [5, 5.41) is 7.19. The van der Waals surface area contributed by atoms with Gasteiger partial charge in [-0.25, -0.2) is 0 Å². The van der Waals surface area contributed by atoms with Gasteiger partial charge in [0.1, 0.15) is 0 Å². The van der Waals surface area contributed by atoms with Crippen molar-refractivity contribution < 1.29 is 28.1 Å². The average molecular weight is 526 g/mol. The molecule has 0 aromatic carbocycles.